The van der Waals surface area contributed by atoms with E-state index < -0.39 is 5.60 Å². The average Bonchev–Trinajstić information content (AvgIpc) is 3.22. The van der Waals surface area contributed by atoms with E-state index in [-0.39, 0.29) is 18.7 Å². The van der Waals surface area contributed by atoms with Crippen LogP contribution in [0.3, 0.4) is 0 Å². The van der Waals surface area contributed by atoms with Gasteiger partial charge in [-0.1, -0.05) is 11.6 Å². The molecular weight excluding hydrogens is 482 g/mol. The third-order valence-electron chi connectivity index (χ3n) is 7.31. The van der Waals surface area contributed by atoms with Gasteiger partial charge in [-0.25, -0.2) is 4.79 Å². The summed E-state index contributed by atoms with van der Waals surface area (Å²) < 4.78 is 6.72. The molecule has 1 aromatic carbocycles. The molecule has 4 heterocycles. The minimum atomic E-state index is -0.501. The summed E-state index contributed by atoms with van der Waals surface area (Å²) in [5, 5.41) is 10.5. The van der Waals surface area contributed by atoms with E-state index in [1.54, 1.807) is 11.3 Å². The first-order chi connectivity index (χ1) is 16.7. The van der Waals surface area contributed by atoms with Gasteiger partial charge in [-0.05, 0) is 75.3 Å². The quantitative estimate of drug-likeness (QED) is 0.464. The topological polar surface area (TPSA) is 65.9 Å². The first-order valence-corrected chi connectivity index (χ1v) is 13.5. The van der Waals surface area contributed by atoms with Crippen LogP contribution in [0.4, 0.5) is 10.5 Å². The van der Waals surface area contributed by atoms with Gasteiger partial charge in [0.1, 0.15) is 5.60 Å². The molecule has 2 fully saturated rings. The van der Waals surface area contributed by atoms with Crippen molar-refractivity contribution in [3.63, 3.8) is 0 Å². The molecule has 3 aliphatic rings. The molecule has 3 aromatic rings. The zero-order valence-corrected chi connectivity index (χ0v) is 21.8. The van der Waals surface area contributed by atoms with E-state index in [4.69, 9.17) is 16.3 Å². The van der Waals surface area contributed by atoms with E-state index in [0.29, 0.717) is 24.9 Å². The predicted octanol–water partition coefficient (Wildman–Crippen LogP) is 6.04. The Morgan fingerprint density at radius 3 is 2.86 bits per heavy atom. The highest BCUT2D eigenvalue weighted by Gasteiger charge is 2.48. The summed E-state index contributed by atoms with van der Waals surface area (Å²) in [7, 11) is 0. The van der Waals surface area contributed by atoms with Crippen LogP contribution in [0.15, 0.2) is 30.5 Å². The van der Waals surface area contributed by atoms with Crippen LogP contribution in [-0.2, 0) is 11.3 Å². The molecule has 1 amide bonds. The first kappa shape index (κ1) is 23.1. The second-order valence-corrected chi connectivity index (χ2v) is 12.5. The highest BCUT2D eigenvalue weighted by atomic mass is 35.5. The molecule has 1 saturated carbocycles. The molecule has 1 N–H and O–H groups in total. The normalized spacial score (nSPS) is 23.4. The summed E-state index contributed by atoms with van der Waals surface area (Å²) in [5.74, 6) is 1.19. The molecule has 8 heteroatoms. The lowest BCUT2D eigenvalue weighted by Crippen LogP contribution is -2.43. The third kappa shape index (κ3) is 4.17. The van der Waals surface area contributed by atoms with E-state index >= 15 is 0 Å². The van der Waals surface area contributed by atoms with E-state index in [0.717, 1.165) is 44.2 Å². The highest BCUT2D eigenvalue weighted by Crippen LogP contribution is 2.58. The predicted molar refractivity (Wildman–Crippen MR) is 140 cm³/mol. The van der Waals surface area contributed by atoms with E-state index in [9.17, 15) is 9.90 Å². The van der Waals surface area contributed by atoms with Gasteiger partial charge in [-0.15, -0.1) is 11.3 Å². The fraction of sp³-hybridized carbons (Fsp3) is 0.481. The van der Waals surface area contributed by atoms with Crippen molar-refractivity contribution < 1.29 is 14.6 Å². The Hall–Kier alpha value is -2.35. The highest BCUT2D eigenvalue weighted by molar-refractivity contribution is 7.19. The number of pyridine rings is 1. The van der Waals surface area contributed by atoms with Crippen molar-refractivity contribution >= 4 is 44.9 Å². The van der Waals surface area contributed by atoms with Crippen molar-refractivity contribution in [1.82, 2.24) is 9.88 Å². The molecule has 2 aromatic heterocycles. The van der Waals surface area contributed by atoms with Crippen LogP contribution in [0, 0.1) is 5.92 Å². The van der Waals surface area contributed by atoms with Gasteiger partial charge in [-0.2, -0.15) is 0 Å². The van der Waals surface area contributed by atoms with Crippen molar-refractivity contribution in [2.24, 2.45) is 5.92 Å². The molecule has 2 aliphatic heterocycles. The van der Waals surface area contributed by atoms with Crippen LogP contribution in [-0.4, -0.2) is 52.4 Å². The van der Waals surface area contributed by atoms with Crippen LogP contribution < -0.4 is 4.90 Å². The number of aliphatic hydroxyl groups is 1. The van der Waals surface area contributed by atoms with E-state index in [1.807, 2.05) is 37.9 Å². The van der Waals surface area contributed by atoms with Crippen LogP contribution in [0.2, 0.25) is 5.02 Å². The van der Waals surface area contributed by atoms with E-state index in [1.165, 1.54) is 17.7 Å². The number of benzene rings is 1. The van der Waals surface area contributed by atoms with Crippen molar-refractivity contribution in [2.75, 3.05) is 24.5 Å². The number of likely N-dealkylation sites (tertiary alicyclic amines) is 1. The number of carbonyl (C=O) groups is 1. The van der Waals surface area contributed by atoms with Crippen LogP contribution in [0.1, 0.15) is 50.0 Å². The van der Waals surface area contributed by atoms with Gasteiger partial charge in [0.15, 0.2) is 0 Å². The Labute approximate surface area is 214 Å². The number of fused-ring (bicyclic) bond motifs is 4. The van der Waals surface area contributed by atoms with Crippen molar-refractivity contribution in [3.05, 3.63) is 45.9 Å². The van der Waals surface area contributed by atoms with Crippen molar-refractivity contribution in [3.8, 4) is 11.1 Å². The number of halogens is 1. The zero-order chi connectivity index (χ0) is 24.5. The molecule has 184 valence electrons. The Bertz CT molecular complexity index is 1320. The lowest BCUT2D eigenvalue weighted by atomic mass is 9.92. The average molecular weight is 512 g/mol. The fourth-order valence-corrected chi connectivity index (χ4v) is 6.93. The van der Waals surface area contributed by atoms with Crippen LogP contribution in [0.25, 0.3) is 21.3 Å². The molecule has 1 saturated heterocycles. The molecule has 0 unspecified atom stereocenters. The van der Waals surface area contributed by atoms with Gasteiger partial charge in [-0.3, -0.25) is 4.98 Å². The summed E-state index contributed by atoms with van der Waals surface area (Å²) in [5.41, 5.74) is 5.18. The van der Waals surface area contributed by atoms with Gasteiger partial charge in [0, 0.05) is 58.6 Å². The SMILES string of the molecule is CC(C)(C)OC(=O)N1CC[C@@H](N2C[C@H]3C[C@H]3c3cc(Cl)cc(-c4ccnc5cc(CO)sc45)c32)C1. The van der Waals surface area contributed by atoms with Gasteiger partial charge in [0.2, 0.25) is 0 Å². The van der Waals surface area contributed by atoms with Gasteiger partial charge < -0.3 is 19.6 Å². The zero-order valence-electron chi connectivity index (χ0n) is 20.3. The largest absolute Gasteiger partial charge is 0.444 e. The second-order valence-electron chi connectivity index (χ2n) is 11.0. The van der Waals surface area contributed by atoms with E-state index in [2.05, 4.69) is 28.1 Å². The Morgan fingerprint density at radius 2 is 2.09 bits per heavy atom. The number of thiophene rings is 1. The molecule has 3 atom stereocenters. The molecular formula is C27H30ClN3O3S. The molecule has 0 spiro atoms. The Kier molecular flexibility index (Phi) is 5.51. The molecule has 1 aliphatic carbocycles. The maximum Gasteiger partial charge on any atom is 0.410 e. The number of aliphatic hydroxyl groups excluding tert-OH is 1. The molecule has 6 nitrogen and oxygen atoms in total. The Morgan fingerprint density at radius 1 is 1.26 bits per heavy atom. The number of nitrogens with zero attached hydrogens (tertiary/aromatic N) is 3. The minimum Gasteiger partial charge on any atom is -0.444 e. The number of amides is 1. The van der Waals surface area contributed by atoms with Gasteiger partial charge in [0.25, 0.3) is 0 Å². The molecule has 0 radical (unpaired) electrons. The summed E-state index contributed by atoms with van der Waals surface area (Å²) >= 11 is 8.28. The monoisotopic (exact) mass is 511 g/mol. The number of ether oxygens (including phenoxy) is 1. The fourth-order valence-electron chi connectivity index (χ4n) is 5.70. The van der Waals surface area contributed by atoms with Crippen LogP contribution in [0.5, 0.6) is 0 Å². The lowest BCUT2D eigenvalue weighted by molar-refractivity contribution is 0.0292. The summed E-state index contributed by atoms with van der Waals surface area (Å²) in [6, 6.07) is 8.47. The number of hydrogen-bond donors (Lipinski definition) is 1. The summed E-state index contributed by atoms with van der Waals surface area (Å²) in [4.78, 5) is 22.6. The maximum absolute atomic E-state index is 12.8. The Balaban J connectivity index is 1.41. The number of anilines is 1. The maximum atomic E-state index is 12.8. The standard InChI is InChI=1S/C27H30ClN3O3S/c1-27(2,3)34-26(33)30-7-5-17(13-30)31-12-15-8-20(15)22-10-16(28)9-21(24(22)31)19-4-6-29-23-11-18(14-32)35-25(19)23/h4,6,9-11,15,17,20,32H,5,7-8,12-14H2,1-3H3/t15-,17-,20-/m1/s1. The lowest BCUT2D eigenvalue weighted by Gasteiger charge is -2.38. The molecule has 6 rings (SSSR count). The second kappa shape index (κ2) is 8.36. The van der Waals surface area contributed by atoms with Crippen molar-refractivity contribution in [1.29, 1.82) is 0 Å². The minimum absolute atomic E-state index is 0.00652. The van der Waals surface area contributed by atoms with Gasteiger partial charge in [0.05, 0.1) is 16.8 Å². The smallest absolute Gasteiger partial charge is 0.410 e. The van der Waals surface area contributed by atoms with Crippen molar-refractivity contribution in [2.45, 2.75) is 57.8 Å². The molecule has 0 bridgehead atoms. The number of carbonyl (C=O) groups excluding carboxylic acids is 1. The molecule has 35 heavy (non-hydrogen) atoms. The number of aromatic nitrogens is 1. The first-order valence-electron chi connectivity index (χ1n) is 12.3. The summed E-state index contributed by atoms with van der Waals surface area (Å²) in [6.07, 6.45) is 3.71. The number of rotatable bonds is 3. The van der Waals surface area contributed by atoms with Gasteiger partial charge >= 0.3 is 6.09 Å². The van der Waals surface area contributed by atoms with Crippen LogP contribution >= 0.6 is 22.9 Å². The third-order valence-corrected chi connectivity index (χ3v) is 8.67. The number of hydrogen-bond acceptors (Lipinski definition) is 6. The summed E-state index contributed by atoms with van der Waals surface area (Å²) in [6.45, 7) is 8.09.